The van der Waals surface area contributed by atoms with Crippen LogP contribution in [-0.4, -0.2) is 43.2 Å². The van der Waals surface area contributed by atoms with E-state index in [-0.39, 0.29) is 5.56 Å². The average Bonchev–Trinajstić information content (AvgIpc) is 3.35. The molecule has 0 saturated heterocycles. The number of carbonyl (C=O) groups excluding carboxylic acids is 3. The molecule has 0 radical (unpaired) electrons. The van der Waals surface area contributed by atoms with E-state index in [9.17, 15) is 14.4 Å². The predicted octanol–water partition coefficient (Wildman–Crippen LogP) is 2.11. The van der Waals surface area contributed by atoms with E-state index in [1.165, 1.54) is 26.4 Å². The maximum absolute atomic E-state index is 12.2. The van der Waals surface area contributed by atoms with Gasteiger partial charge in [0.25, 0.3) is 11.8 Å². The van der Waals surface area contributed by atoms with Gasteiger partial charge in [0.15, 0.2) is 18.1 Å². The van der Waals surface area contributed by atoms with Crippen LogP contribution in [0.2, 0.25) is 0 Å². The molecule has 9 nitrogen and oxygen atoms in total. The normalized spacial score (nSPS) is 10.1. The third kappa shape index (κ3) is 5.41. The van der Waals surface area contributed by atoms with Gasteiger partial charge in [0.05, 0.1) is 19.8 Å². The summed E-state index contributed by atoms with van der Waals surface area (Å²) < 4.78 is 17.1. The van der Waals surface area contributed by atoms with E-state index >= 15 is 0 Å². The molecule has 160 valence electrons. The summed E-state index contributed by atoms with van der Waals surface area (Å²) in [5, 5.41) is 0. The van der Waals surface area contributed by atoms with Crippen LogP contribution < -0.4 is 20.3 Å². The van der Waals surface area contributed by atoms with Crippen LogP contribution in [-0.2, 0) is 9.53 Å². The SMILES string of the molecule is COc1ccc(C(=O)NNC(=O)COC(=O)c2cccc(-n3cccc3)c2)cc1OC. The fraction of sp³-hybridized carbons (Fsp3) is 0.136. The molecule has 0 aliphatic rings. The molecule has 3 rings (SSSR count). The van der Waals surface area contributed by atoms with E-state index in [0.29, 0.717) is 17.1 Å². The lowest BCUT2D eigenvalue weighted by Crippen LogP contribution is -2.43. The van der Waals surface area contributed by atoms with Crippen molar-refractivity contribution < 1.29 is 28.6 Å². The minimum Gasteiger partial charge on any atom is -0.493 e. The van der Waals surface area contributed by atoms with Gasteiger partial charge in [-0.2, -0.15) is 0 Å². The Labute approximate surface area is 178 Å². The van der Waals surface area contributed by atoms with Crippen molar-refractivity contribution in [2.45, 2.75) is 0 Å². The van der Waals surface area contributed by atoms with Crippen LogP contribution in [0.3, 0.4) is 0 Å². The third-order valence-corrected chi connectivity index (χ3v) is 4.28. The fourth-order valence-electron chi connectivity index (χ4n) is 2.73. The molecule has 0 aliphatic heterocycles. The van der Waals surface area contributed by atoms with Gasteiger partial charge in [0, 0.05) is 23.6 Å². The molecule has 0 spiro atoms. The van der Waals surface area contributed by atoms with Gasteiger partial charge < -0.3 is 18.8 Å². The fourth-order valence-corrected chi connectivity index (χ4v) is 2.73. The highest BCUT2D eigenvalue weighted by molar-refractivity contribution is 5.96. The highest BCUT2D eigenvalue weighted by Crippen LogP contribution is 2.27. The average molecular weight is 423 g/mol. The van der Waals surface area contributed by atoms with E-state index in [2.05, 4.69) is 10.9 Å². The summed E-state index contributed by atoms with van der Waals surface area (Å²) in [7, 11) is 2.93. The molecule has 2 N–H and O–H groups in total. The van der Waals surface area contributed by atoms with E-state index in [1.807, 2.05) is 35.2 Å². The van der Waals surface area contributed by atoms with Crippen molar-refractivity contribution in [3.05, 3.63) is 78.1 Å². The molecule has 0 aliphatic carbocycles. The Hall–Kier alpha value is -4.27. The van der Waals surface area contributed by atoms with Crippen molar-refractivity contribution in [3.63, 3.8) is 0 Å². The Morgan fingerprint density at radius 2 is 1.58 bits per heavy atom. The molecule has 31 heavy (non-hydrogen) atoms. The van der Waals surface area contributed by atoms with Gasteiger partial charge in [0.2, 0.25) is 0 Å². The van der Waals surface area contributed by atoms with Gasteiger partial charge in [-0.25, -0.2) is 4.79 Å². The minimum absolute atomic E-state index is 0.247. The number of ether oxygens (including phenoxy) is 3. The molecule has 1 aromatic heterocycles. The van der Waals surface area contributed by atoms with Gasteiger partial charge in [-0.05, 0) is 48.5 Å². The van der Waals surface area contributed by atoms with E-state index in [4.69, 9.17) is 14.2 Å². The Bertz CT molecular complexity index is 1080. The molecule has 0 saturated carbocycles. The van der Waals surface area contributed by atoms with E-state index < -0.39 is 24.4 Å². The number of rotatable bonds is 7. The van der Waals surface area contributed by atoms with E-state index in [0.717, 1.165) is 5.69 Å². The van der Waals surface area contributed by atoms with Crippen molar-refractivity contribution in [2.75, 3.05) is 20.8 Å². The predicted molar refractivity (Wildman–Crippen MR) is 111 cm³/mol. The Kier molecular flexibility index (Phi) is 6.89. The monoisotopic (exact) mass is 423 g/mol. The van der Waals surface area contributed by atoms with Crippen molar-refractivity contribution >= 4 is 17.8 Å². The van der Waals surface area contributed by atoms with Crippen LogP contribution >= 0.6 is 0 Å². The number of esters is 1. The molecule has 2 amide bonds. The molecule has 0 unspecified atom stereocenters. The summed E-state index contributed by atoms with van der Waals surface area (Å²) in [4.78, 5) is 36.4. The summed E-state index contributed by atoms with van der Waals surface area (Å²) in [6.07, 6.45) is 3.69. The lowest BCUT2D eigenvalue weighted by Gasteiger charge is -2.11. The number of amides is 2. The zero-order valence-electron chi connectivity index (χ0n) is 17.0. The van der Waals surface area contributed by atoms with Crippen molar-refractivity contribution in [3.8, 4) is 17.2 Å². The number of nitrogens with one attached hydrogen (secondary N) is 2. The smallest absolute Gasteiger partial charge is 0.338 e. The zero-order chi connectivity index (χ0) is 22.2. The van der Waals surface area contributed by atoms with Crippen molar-refractivity contribution in [2.24, 2.45) is 0 Å². The number of hydrazine groups is 1. The number of hydrogen-bond donors (Lipinski definition) is 2. The van der Waals surface area contributed by atoms with Gasteiger partial charge in [-0.3, -0.25) is 20.4 Å². The molecule has 9 heteroatoms. The number of aromatic nitrogens is 1. The Morgan fingerprint density at radius 1 is 0.839 bits per heavy atom. The summed E-state index contributed by atoms with van der Waals surface area (Å²) in [6, 6.07) is 15.1. The lowest BCUT2D eigenvalue weighted by atomic mass is 10.2. The van der Waals surface area contributed by atoms with Crippen LogP contribution in [0.25, 0.3) is 5.69 Å². The lowest BCUT2D eigenvalue weighted by molar-refractivity contribution is -0.125. The Balaban J connectivity index is 1.51. The van der Waals surface area contributed by atoms with Crippen molar-refractivity contribution in [1.29, 1.82) is 0 Å². The summed E-state index contributed by atoms with van der Waals surface area (Å²) in [5.41, 5.74) is 5.77. The Morgan fingerprint density at radius 3 is 2.29 bits per heavy atom. The summed E-state index contributed by atoms with van der Waals surface area (Å²) in [5.74, 6) is -1.08. The summed E-state index contributed by atoms with van der Waals surface area (Å²) in [6.45, 7) is -0.557. The topological polar surface area (TPSA) is 108 Å². The first-order valence-electron chi connectivity index (χ1n) is 9.23. The van der Waals surface area contributed by atoms with Crippen LogP contribution in [0.15, 0.2) is 67.0 Å². The molecule has 2 aromatic carbocycles. The largest absolute Gasteiger partial charge is 0.493 e. The van der Waals surface area contributed by atoms with Gasteiger partial charge in [-0.1, -0.05) is 6.07 Å². The maximum atomic E-state index is 12.2. The molecule has 1 heterocycles. The number of methoxy groups -OCH3 is 2. The molecular weight excluding hydrogens is 402 g/mol. The second-order valence-corrected chi connectivity index (χ2v) is 6.29. The van der Waals surface area contributed by atoms with Crippen molar-refractivity contribution in [1.82, 2.24) is 15.4 Å². The number of hydrogen-bond acceptors (Lipinski definition) is 6. The molecule has 0 atom stereocenters. The molecular formula is C22H21N3O6. The van der Waals surface area contributed by atoms with Gasteiger partial charge in [0.1, 0.15) is 0 Å². The summed E-state index contributed by atoms with van der Waals surface area (Å²) >= 11 is 0. The van der Waals surface area contributed by atoms with Gasteiger partial charge >= 0.3 is 5.97 Å². The molecule has 0 fully saturated rings. The van der Waals surface area contributed by atoms with Crippen LogP contribution in [0.5, 0.6) is 11.5 Å². The minimum atomic E-state index is -0.691. The number of carbonyl (C=O) groups is 3. The van der Waals surface area contributed by atoms with Crippen LogP contribution in [0.4, 0.5) is 0 Å². The second-order valence-electron chi connectivity index (χ2n) is 6.29. The molecule has 0 bridgehead atoms. The maximum Gasteiger partial charge on any atom is 0.338 e. The highest BCUT2D eigenvalue weighted by atomic mass is 16.5. The highest BCUT2D eigenvalue weighted by Gasteiger charge is 2.14. The second kappa shape index (κ2) is 9.97. The van der Waals surface area contributed by atoms with Crippen LogP contribution in [0.1, 0.15) is 20.7 Å². The number of nitrogens with zero attached hydrogens (tertiary/aromatic N) is 1. The standard InChI is InChI=1S/C22H21N3O6/c1-29-18-9-8-15(13-19(18)30-2)21(27)24-23-20(26)14-31-22(28)16-6-5-7-17(12-16)25-10-3-4-11-25/h3-13H,14H2,1-2H3,(H,23,26)(H,24,27). The third-order valence-electron chi connectivity index (χ3n) is 4.28. The van der Waals surface area contributed by atoms with Gasteiger partial charge in [-0.15, -0.1) is 0 Å². The van der Waals surface area contributed by atoms with Crippen LogP contribution in [0, 0.1) is 0 Å². The zero-order valence-corrected chi connectivity index (χ0v) is 17.0. The quantitative estimate of drug-likeness (QED) is 0.445. The first-order chi connectivity index (χ1) is 15.0. The molecule has 3 aromatic rings. The number of benzene rings is 2. The van der Waals surface area contributed by atoms with E-state index in [1.54, 1.807) is 24.3 Å². The first-order valence-corrected chi connectivity index (χ1v) is 9.23. The first kappa shape index (κ1) is 21.4.